The summed E-state index contributed by atoms with van der Waals surface area (Å²) in [5, 5.41) is 3.24. The van der Waals surface area contributed by atoms with Gasteiger partial charge < -0.3 is 19.9 Å². The number of anilines is 1. The molecule has 0 saturated heterocycles. The van der Waals surface area contributed by atoms with Crippen LogP contribution in [0.25, 0.3) is 0 Å². The topological polar surface area (TPSA) is 63.1 Å². The van der Waals surface area contributed by atoms with Crippen LogP contribution in [0.3, 0.4) is 0 Å². The highest BCUT2D eigenvalue weighted by atomic mass is 35.5. The number of halogens is 2. The SMILES string of the molecule is COc1ccc(Cl)cc1NC(=O)C[NH+](C)[C@H](C)C(=O)N(C)Cc1cccc(F)c1. The number of nitrogens with zero attached hydrogens (tertiary/aromatic N) is 1. The molecule has 2 amide bonds. The van der Waals surface area contributed by atoms with Crippen LogP contribution >= 0.6 is 11.6 Å². The molecule has 156 valence electrons. The van der Waals surface area contributed by atoms with Gasteiger partial charge in [-0.3, -0.25) is 9.59 Å². The van der Waals surface area contributed by atoms with Crippen LogP contribution < -0.4 is 15.0 Å². The van der Waals surface area contributed by atoms with Gasteiger partial charge in [-0.25, -0.2) is 4.39 Å². The minimum absolute atomic E-state index is 0.0797. The van der Waals surface area contributed by atoms with Gasteiger partial charge in [0.05, 0.1) is 19.8 Å². The Hall–Kier alpha value is -2.64. The van der Waals surface area contributed by atoms with Crippen LogP contribution in [0.1, 0.15) is 12.5 Å². The van der Waals surface area contributed by atoms with E-state index in [0.29, 0.717) is 28.6 Å². The van der Waals surface area contributed by atoms with Crippen LogP contribution in [-0.2, 0) is 16.1 Å². The molecule has 2 aromatic carbocycles. The van der Waals surface area contributed by atoms with Crippen LogP contribution in [0.4, 0.5) is 10.1 Å². The first-order chi connectivity index (χ1) is 13.7. The van der Waals surface area contributed by atoms with Crippen LogP contribution in [0.2, 0.25) is 5.02 Å². The zero-order valence-electron chi connectivity index (χ0n) is 17.0. The summed E-state index contributed by atoms with van der Waals surface area (Å²) < 4.78 is 18.6. The summed E-state index contributed by atoms with van der Waals surface area (Å²) in [7, 11) is 4.94. The molecule has 0 aromatic heterocycles. The van der Waals surface area contributed by atoms with Gasteiger partial charge in [-0.1, -0.05) is 23.7 Å². The van der Waals surface area contributed by atoms with E-state index in [2.05, 4.69) is 5.32 Å². The van der Waals surface area contributed by atoms with E-state index in [1.807, 2.05) is 0 Å². The number of quaternary nitrogens is 1. The summed E-state index contributed by atoms with van der Waals surface area (Å²) in [5.41, 5.74) is 1.18. The lowest BCUT2D eigenvalue weighted by molar-refractivity contribution is -0.886. The number of carbonyl (C=O) groups excluding carboxylic acids is 2. The van der Waals surface area contributed by atoms with Gasteiger partial charge >= 0.3 is 0 Å². The molecule has 2 aromatic rings. The fourth-order valence-corrected chi connectivity index (χ4v) is 3.08. The molecule has 0 spiro atoms. The summed E-state index contributed by atoms with van der Waals surface area (Å²) in [6.07, 6.45) is 0. The third-order valence-corrected chi connectivity index (χ3v) is 4.90. The number of amides is 2. The maximum atomic E-state index is 13.3. The highest BCUT2D eigenvalue weighted by molar-refractivity contribution is 6.31. The first kappa shape index (κ1) is 22.6. The van der Waals surface area contributed by atoms with E-state index < -0.39 is 6.04 Å². The highest BCUT2D eigenvalue weighted by Gasteiger charge is 2.27. The number of hydrogen-bond acceptors (Lipinski definition) is 3. The largest absolute Gasteiger partial charge is 0.495 e. The number of methoxy groups -OCH3 is 1. The maximum absolute atomic E-state index is 13.3. The van der Waals surface area contributed by atoms with Gasteiger partial charge in [-0.15, -0.1) is 0 Å². The summed E-state index contributed by atoms with van der Waals surface area (Å²) in [5.74, 6) is -0.248. The number of rotatable bonds is 8. The standard InChI is InChI=1S/C21H25ClFN3O3/c1-14(21(28)26(3)12-15-6-5-7-17(23)10-15)25(2)13-20(27)24-18-11-16(22)8-9-19(18)29-4/h5-11,14H,12-13H2,1-4H3,(H,24,27)/p+1/t14-/m1/s1. The molecule has 0 aliphatic rings. The molecule has 2 rings (SSSR count). The molecule has 1 unspecified atom stereocenters. The first-order valence-electron chi connectivity index (χ1n) is 9.16. The quantitative estimate of drug-likeness (QED) is 0.684. The van der Waals surface area contributed by atoms with Crippen molar-refractivity contribution in [3.05, 3.63) is 58.9 Å². The Morgan fingerprint density at radius 1 is 1.28 bits per heavy atom. The van der Waals surface area contributed by atoms with Crippen LogP contribution in [-0.4, -0.2) is 50.5 Å². The molecule has 2 atom stereocenters. The van der Waals surface area contributed by atoms with Gasteiger partial charge in [0.15, 0.2) is 12.6 Å². The second-order valence-electron chi connectivity index (χ2n) is 6.96. The number of hydrogen-bond donors (Lipinski definition) is 2. The summed E-state index contributed by atoms with van der Waals surface area (Å²) >= 11 is 5.98. The summed E-state index contributed by atoms with van der Waals surface area (Å²) in [6, 6.07) is 10.6. The molecule has 2 N–H and O–H groups in total. The van der Waals surface area contributed by atoms with Crippen molar-refractivity contribution in [3.63, 3.8) is 0 Å². The van der Waals surface area contributed by atoms with E-state index in [1.165, 1.54) is 24.1 Å². The zero-order chi connectivity index (χ0) is 21.6. The predicted octanol–water partition coefficient (Wildman–Crippen LogP) is 1.99. The fraction of sp³-hybridized carbons (Fsp3) is 0.333. The van der Waals surface area contributed by atoms with Crippen molar-refractivity contribution < 1.29 is 23.6 Å². The minimum atomic E-state index is -0.458. The van der Waals surface area contributed by atoms with E-state index in [4.69, 9.17) is 16.3 Å². The van der Waals surface area contributed by atoms with Gasteiger partial charge in [0.1, 0.15) is 11.6 Å². The lowest BCUT2D eigenvalue weighted by Crippen LogP contribution is -3.15. The zero-order valence-corrected chi connectivity index (χ0v) is 17.7. The Morgan fingerprint density at radius 2 is 2.00 bits per heavy atom. The molecular formula is C21H26ClFN3O3+. The van der Waals surface area contributed by atoms with Crippen molar-refractivity contribution >= 4 is 29.1 Å². The van der Waals surface area contributed by atoms with Crippen molar-refractivity contribution in [2.75, 3.05) is 33.1 Å². The molecule has 0 aliphatic heterocycles. The first-order valence-corrected chi connectivity index (χ1v) is 9.54. The van der Waals surface area contributed by atoms with Crippen molar-refractivity contribution in [1.82, 2.24) is 4.90 Å². The van der Waals surface area contributed by atoms with E-state index >= 15 is 0 Å². The number of carbonyl (C=O) groups is 2. The fourth-order valence-electron chi connectivity index (χ4n) is 2.91. The average Bonchev–Trinajstić information content (AvgIpc) is 2.66. The Kier molecular flexibility index (Phi) is 7.99. The maximum Gasteiger partial charge on any atom is 0.280 e. The lowest BCUT2D eigenvalue weighted by atomic mass is 10.2. The molecule has 29 heavy (non-hydrogen) atoms. The van der Waals surface area contributed by atoms with Crippen LogP contribution in [0.15, 0.2) is 42.5 Å². The molecule has 0 bridgehead atoms. The van der Waals surface area contributed by atoms with Gasteiger partial charge in [-0.05, 0) is 42.8 Å². The molecule has 0 radical (unpaired) electrons. The molecule has 0 saturated carbocycles. The summed E-state index contributed by atoms with van der Waals surface area (Å²) in [4.78, 5) is 27.4. The van der Waals surface area contributed by atoms with Crippen LogP contribution in [0, 0.1) is 5.82 Å². The monoisotopic (exact) mass is 422 g/mol. The van der Waals surface area contributed by atoms with Crippen molar-refractivity contribution in [2.24, 2.45) is 0 Å². The Bertz CT molecular complexity index is 878. The van der Waals surface area contributed by atoms with Crippen molar-refractivity contribution in [3.8, 4) is 5.75 Å². The van der Waals surface area contributed by atoms with E-state index in [9.17, 15) is 14.0 Å². The second-order valence-corrected chi connectivity index (χ2v) is 7.40. The average molecular weight is 423 g/mol. The van der Waals surface area contributed by atoms with E-state index in [-0.39, 0.29) is 24.2 Å². The smallest absolute Gasteiger partial charge is 0.280 e. The molecule has 0 aliphatic carbocycles. The minimum Gasteiger partial charge on any atom is -0.495 e. The second kappa shape index (κ2) is 10.2. The third-order valence-electron chi connectivity index (χ3n) is 4.67. The van der Waals surface area contributed by atoms with E-state index in [1.54, 1.807) is 51.4 Å². The van der Waals surface area contributed by atoms with Gasteiger partial charge in [-0.2, -0.15) is 0 Å². The molecule has 0 fully saturated rings. The third kappa shape index (κ3) is 6.44. The molecule has 0 heterocycles. The Morgan fingerprint density at radius 3 is 2.66 bits per heavy atom. The normalized spacial score (nSPS) is 12.8. The van der Waals surface area contributed by atoms with Gasteiger partial charge in [0, 0.05) is 18.6 Å². The number of likely N-dealkylation sites (N-methyl/N-ethyl adjacent to an activating group) is 2. The number of nitrogens with one attached hydrogen (secondary N) is 2. The van der Waals surface area contributed by atoms with Crippen molar-refractivity contribution in [2.45, 2.75) is 19.5 Å². The van der Waals surface area contributed by atoms with Gasteiger partial charge in [0.25, 0.3) is 11.8 Å². The van der Waals surface area contributed by atoms with E-state index in [0.717, 1.165) is 4.90 Å². The van der Waals surface area contributed by atoms with Crippen LogP contribution in [0.5, 0.6) is 5.75 Å². The summed E-state index contributed by atoms with van der Waals surface area (Å²) in [6.45, 7) is 2.13. The predicted molar refractivity (Wildman–Crippen MR) is 111 cm³/mol. The lowest BCUT2D eigenvalue weighted by Gasteiger charge is -2.25. The number of benzene rings is 2. The Balaban J connectivity index is 1.95. The molecule has 8 heteroatoms. The van der Waals surface area contributed by atoms with Gasteiger partial charge in [0.2, 0.25) is 0 Å². The molecular weight excluding hydrogens is 397 g/mol. The molecule has 6 nitrogen and oxygen atoms in total. The number of ether oxygens (including phenoxy) is 1. The Labute approximate surface area is 175 Å². The van der Waals surface area contributed by atoms with Crippen molar-refractivity contribution in [1.29, 1.82) is 0 Å². The highest BCUT2D eigenvalue weighted by Crippen LogP contribution is 2.27.